The van der Waals surface area contributed by atoms with E-state index in [1.54, 1.807) is 43.5 Å². The quantitative estimate of drug-likeness (QED) is 0.215. The number of carbonyl (C=O) groups excluding carboxylic acids is 2. The molecule has 0 aliphatic rings. The first-order valence-corrected chi connectivity index (χ1v) is 12.1. The van der Waals surface area contributed by atoms with Gasteiger partial charge in [0.25, 0.3) is 0 Å². The fourth-order valence-corrected chi connectivity index (χ4v) is 4.25. The summed E-state index contributed by atoms with van der Waals surface area (Å²) in [4.78, 5) is 33.0. The predicted octanol–water partition coefficient (Wildman–Crippen LogP) is 6.96. The van der Waals surface area contributed by atoms with E-state index in [1.807, 2.05) is 24.3 Å². The molecule has 2 aromatic heterocycles. The molecule has 10 heteroatoms. The van der Waals surface area contributed by atoms with Crippen molar-refractivity contribution < 1.29 is 23.8 Å². The zero-order valence-electron chi connectivity index (χ0n) is 20.3. The van der Waals surface area contributed by atoms with Crippen molar-refractivity contribution in [1.82, 2.24) is 9.97 Å². The largest absolute Gasteiger partial charge is 0.513 e. The number of urea groups is 1. The van der Waals surface area contributed by atoms with Crippen LogP contribution in [0.1, 0.15) is 33.3 Å². The Kier molecular flexibility index (Phi) is 7.35. The first kappa shape index (κ1) is 24.9. The molecule has 36 heavy (non-hydrogen) atoms. The van der Waals surface area contributed by atoms with E-state index in [4.69, 9.17) is 14.2 Å². The van der Waals surface area contributed by atoms with Gasteiger partial charge in [0.05, 0.1) is 16.8 Å². The number of rotatable bonds is 6. The van der Waals surface area contributed by atoms with E-state index >= 15 is 0 Å². The topological polar surface area (TPSA) is 112 Å². The third-order valence-electron chi connectivity index (χ3n) is 4.96. The van der Waals surface area contributed by atoms with Crippen LogP contribution in [0.3, 0.4) is 0 Å². The molecular weight excluding hydrogens is 480 g/mol. The minimum Gasteiger partial charge on any atom is -0.437 e. The molecule has 0 fully saturated rings. The fourth-order valence-electron chi connectivity index (χ4n) is 3.36. The molecule has 0 saturated heterocycles. The lowest BCUT2D eigenvalue weighted by Gasteiger charge is -2.22. The van der Waals surface area contributed by atoms with Gasteiger partial charge >= 0.3 is 12.2 Å². The summed E-state index contributed by atoms with van der Waals surface area (Å²) in [5.74, 6) is 1.27. The van der Waals surface area contributed by atoms with Gasteiger partial charge in [-0.1, -0.05) is 50.3 Å². The van der Waals surface area contributed by atoms with Crippen molar-refractivity contribution in [1.29, 1.82) is 0 Å². The minimum absolute atomic E-state index is 0.135. The second-order valence-corrected chi connectivity index (χ2v) is 9.75. The number of pyridine rings is 1. The van der Waals surface area contributed by atoms with E-state index in [-0.39, 0.29) is 17.9 Å². The molecule has 0 saturated carbocycles. The molecule has 2 aromatic carbocycles. The average molecular weight is 507 g/mol. The summed E-state index contributed by atoms with van der Waals surface area (Å²) < 4.78 is 16.8. The molecule has 0 spiro atoms. The molecule has 0 radical (unpaired) electrons. The van der Waals surface area contributed by atoms with Gasteiger partial charge in [-0.3, -0.25) is 5.32 Å². The summed E-state index contributed by atoms with van der Waals surface area (Å²) in [5, 5.41) is 5.88. The molecule has 2 amide bonds. The van der Waals surface area contributed by atoms with Crippen LogP contribution in [0.4, 0.5) is 20.4 Å². The SMILES string of the molecule is CCOC(=O)Oc1ccc2nc(NC(=O)Nc3cccnc3Oc3ccccc3C(C)(C)C)sc2c1. The van der Waals surface area contributed by atoms with Crippen molar-refractivity contribution in [3.05, 3.63) is 66.4 Å². The number of anilines is 2. The Bertz CT molecular complexity index is 1400. The van der Waals surface area contributed by atoms with Gasteiger partial charge in [0.15, 0.2) is 5.13 Å². The number of nitrogens with zero attached hydrogens (tertiary/aromatic N) is 2. The van der Waals surface area contributed by atoms with Crippen molar-refractivity contribution in [2.75, 3.05) is 17.2 Å². The molecule has 4 rings (SSSR count). The first-order valence-electron chi connectivity index (χ1n) is 11.3. The Hall–Kier alpha value is -4.18. The zero-order valence-corrected chi connectivity index (χ0v) is 21.1. The summed E-state index contributed by atoms with van der Waals surface area (Å²) in [6.07, 6.45) is 0.820. The molecule has 2 N–H and O–H groups in total. The monoisotopic (exact) mass is 506 g/mol. The van der Waals surface area contributed by atoms with Crippen LogP contribution in [0.25, 0.3) is 10.2 Å². The van der Waals surface area contributed by atoms with Gasteiger partial charge in [-0.25, -0.2) is 19.6 Å². The van der Waals surface area contributed by atoms with E-state index in [9.17, 15) is 9.59 Å². The first-order chi connectivity index (χ1) is 17.2. The highest BCUT2D eigenvalue weighted by atomic mass is 32.1. The van der Waals surface area contributed by atoms with Gasteiger partial charge in [-0.15, -0.1) is 0 Å². The lowest BCUT2D eigenvalue weighted by Crippen LogP contribution is -2.20. The Morgan fingerprint density at radius 3 is 2.61 bits per heavy atom. The second-order valence-electron chi connectivity index (χ2n) is 8.72. The van der Waals surface area contributed by atoms with E-state index < -0.39 is 12.2 Å². The highest BCUT2D eigenvalue weighted by molar-refractivity contribution is 7.22. The number of aromatic nitrogens is 2. The van der Waals surface area contributed by atoms with Crippen LogP contribution < -0.4 is 20.1 Å². The summed E-state index contributed by atoms with van der Waals surface area (Å²) in [7, 11) is 0. The van der Waals surface area contributed by atoms with Gasteiger partial charge < -0.3 is 19.5 Å². The third-order valence-corrected chi connectivity index (χ3v) is 5.90. The van der Waals surface area contributed by atoms with Gasteiger partial charge in [0, 0.05) is 17.8 Å². The van der Waals surface area contributed by atoms with Crippen LogP contribution in [-0.4, -0.2) is 28.8 Å². The lowest BCUT2D eigenvalue weighted by molar-refractivity contribution is 0.104. The number of amides is 2. The van der Waals surface area contributed by atoms with Crippen LogP contribution in [0.5, 0.6) is 17.4 Å². The molecular formula is C26H26N4O5S. The highest BCUT2D eigenvalue weighted by Crippen LogP contribution is 2.35. The molecule has 0 atom stereocenters. The molecule has 0 aliphatic heterocycles. The number of ether oxygens (including phenoxy) is 3. The minimum atomic E-state index is -0.779. The van der Waals surface area contributed by atoms with Crippen molar-refractivity contribution >= 4 is 44.6 Å². The van der Waals surface area contributed by atoms with Crippen LogP contribution in [0, 0.1) is 0 Å². The van der Waals surface area contributed by atoms with Crippen molar-refractivity contribution in [3.8, 4) is 17.4 Å². The van der Waals surface area contributed by atoms with Crippen LogP contribution in [0.15, 0.2) is 60.8 Å². The van der Waals surface area contributed by atoms with Gasteiger partial charge in [-0.05, 0) is 42.7 Å². The Morgan fingerprint density at radius 1 is 1.03 bits per heavy atom. The maximum atomic E-state index is 12.7. The number of fused-ring (bicyclic) bond motifs is 1. The average Bonchev–Trinajstić information content (AvgIpc) is 3.21. The molecule has 2 heterocycles. The third kappa shape index (κ3) is 6.08. The van der Waals surface area contributed by atoms with Gasteiger partial charge in [0.2, 0.25) is 5.88 Å². The summed E-state index contributed by atoms with van der Waals surface area (Å²) >= 11 is 1.24. The summed E-state index contributed by atoms with van der Waals surface area (Å²) in [5.41, 5.74) is 1.94. The fraction of sp³-hybridized carbons (Fsp3) is 0.231. The number of nitrogens with one attached hydrogen (secondary N) is 2. The van der Waals surface area contributed by atoms with Crippen molar-refractivity contribution in [2.24, 2.45) is 0 Å². The van der Waals surface area contributed by atoms with E-state index in [0.717, 1.165) is 10.3 Å². The number of thiazole rings is 1. The number of para-hydroxylation sites is 1. The molecule has 9 nitrogen and oxygen atoms in total. The number of benzene rings is 2. The van der Waals surface area contributed by atoms with Gasteiger partial charge in [0.1, 0.15) is 17.2 Å². The Morgan fingerprint density at radius 2 is 1.83 bits per heavy atom. The number of hydrogen-bond donors (Lipinski definition) is 2. The van der Waals surface area contributed by atoms with Crippen LogP contribution in [-0.2, 0) is 10.2 Å². The van der Waals surface area contributed by atoms with Gasteiger partial charge in [-0.2, -0.15) is 0 Å². The molecule has 4 aromatic rings. The molecule has 0 bridgehead atoms. The maximum absolute atomic E-state index is 12.7. The van der Waals surface area contributed by atoms with E-state index in [1.165, 1.54) is 11.3 Å². The van der Waals surface area contributed by atoms with Crippen LogP contribution in [0.2, 0.25) is 0 Å². The lowest BCUT2D eigenvalue weighted by atomic mass is 9.86. The zero-order chi connectivity index (χ0) is 25.7. The second kappa shape index (κ2) is 10.6. The standard InChI is InChI=1S/C26H26N4O5S/c1-5-33-25(32)34-16-12-13-18-21(15-16)36-24(29-18)30-23(31)28-19-10-8-14-27-22(19)35-20-11-7-6-9-17(20)26(2,3)4/h6-15H,5H2,1-4H3,(H2,28,29,30,31). The molecule has 0 unspecified atom stereocenters. The van der Waals surface area contributed by atoms with Crippen molar-refractivity contribution in [2.45, 2.75) is 33.1 Å². The number of hydrogen-bond acceptors (Lipinski definition) is 8. The van der Waals surface area contributed by atoms with Crippen LogP contribution >= 0.6 is 11.3 Å². The molecule has 0 aliphatic carbocycles. The Labute approximate surface area is 212 Å². The van der Waals surface area contributed by atoms with E-state index in [0.29, 0.717) is 27.8 Å². The maximum Gasteiger partial charge on any atom is 0.513 e. The smallest absolute Gasteiger partial charge is 0.437 e. The summed E-state index contributed by atoms with van der Waals surface area (Å²) in [6.45, 7) is 8.22. The Balaban J connectivity index is 1.47. The van der Waals surface area contributed by atoms with E-state index in [2.05, 4.69) is 41.4 Å². The number of carbonyl (C=O) groups is 2. The predicted molar refractivity (Wildman–Crippen MR) is 139 cm³/mol. The highest BCUT2D eigenvalue weighted by Gasteiger charge is 2.20. The summed E-state index contributed by atoms with van der Waals surface area (Å²) in [6, 6.07) is 15.6. The molecule has 186 valence electrons. The van der Waals surface area contributed by atoms with Crippen molar-refractivity contribution in [3.63, 3.8) is 0 Å². The normalized spacial score (nSPS) is 11.1.